The van der Waals surface area contributed by atoms with Crippen LogP contribution in [-0.2, 0) is 11.2 Å². The Labute approximate surface area is 116 Å². The predicted octanol–water partition coefficient (Wildman–Crippen LogP) is 2.52. The van der Waals surface area contributed by atoms with E-state index in [9.17, 15) is 5.11 Å². The first-order valence-corrected chi connectivity index (χ1v) is 7.67. The Kier molecular flexibility index (Phi) is 3.65. The highest BCUT2D eigenvalue weighted by Crippen LogP contribution is 2.38. The number of nitrogens with one attached hydrogen (secondary N) is 1. The second-order valence-electron chi connectivity index (χ2n) is 5.28. The molecule has 3 rings (SSSR count). The Morgan fingerprint density at radius 3 is 3.28 bits per heavy atom. The molecule has 3 nitrogen and oxygen atoms in total. The average Bonchev–Trinajstić information content (AvgIpc) is 2.92. The number of aryl methyl sites for hydroxylation is 1. The van der Waals surface area contributed by atoms with Gasteiger partial charge in [0, 0.05) is 30.5 Å². The molecule has 0 saturated carbocycles. The van der Waals surface area contributed by atoms with Crippen LogP contribution in [0.25, 0.3) is 0 Å². The van der Waals surface area contributed by atoms with Crippen LogP contribution in [-0.4, -0.2) is 30.5 Å². The molecule has 18 heavy (non-hydrogen) atoms. The molecule has 5 heteroatoms. The second-order valence-corrected chi connectivity index (χ2v) is 7.05. The van der Waals surface area contributed by atoms with Gasteiger partial charge in [-0.1, -0.05) is 11.6 Å². The molecule has 0 radical (unpaired) electrons. The van der Waals surface area contributed by atoms with Crippen molar-refractivity contribution in [2.45, 2.75) is 37.3 Å². The molecule has 0 spiro atoms. The number of hydrogen-bond donors (Lipinski definition) is 2. The van der Waals surface area contributed by atoms with Crippen LogP contribution in [0.5, 0.6) is 0 Å². The molecule has 1 aromatic rings. The maximum absolute atomic E-state index is 10.3. The zero-order valence-corrected chi connectivity index (χ0v) is 11.8. The van der Waals surface area contributed by atoms with Gasteiger partial charge in [0.25, 0.3) is 0 Å². The van der Waals surface area contributed by atoms with Crippen molar-refractivity contribution in [3.63, 3.8) is 0 Å². The molecule has 2 atom stereocenters. The highest BCUT2D eigenvalue weighted by Gasteiger charge is 2.33. The summed E-state index contributed by atoms with van der Waals surface area (Å²) in [4.78, 5) is 1.40. The minimum absolute atomic E-state index is 0.335. The van der Waals surface area contributed by atoms with Crippen LogP contribution in [0.15, 0.2) is 6.07 Å². The Hall–Kier alpha value is -0.130. The standard InChI is InChI=1S/C13H18ClNO2S/c14-12-6-9-10(2-1-3-11(9)18-12)15-7-13(16)4-5-17-8-13/h6,10,15-16H,1-5,7-8H2. The van der Waals surface area contributed by atoms with E-state index in [0.29, 0.717) is 25.8 Å². The van der Waals surface area contributed by atoms with Gasteiger partial charge in [0.1, 0.15) is 5.60 Å². The van der Waals surface area contributed by atoms with E-state index in [-0.39, 0.29) is 0 Å². The van der Waals surface area contributed by atoms with Crippen LogP contribution in [0.3, 0.4) is 0 Å². The number of halogens is 1. The van der Waals surface area contributed by atoms with Crippen molar-refractivity contribution in [1.29, 1.82) is 0 Å². The van der Waals surface area contributed by atoms with Crippen LogP contribution in [0.1, 0.15) is 35.7 Å². The molecule has 1 aromatic heterocycles. The van der Waals surface area contributed by atoms with E-state index >= 15 is 0 Å². The van der Waals surface area contributed by atoms with Crippen molar-refractivity contribution in [1.82, 2.24) is 5.32 Å². The molecule has 0 bridgehead atoms. The van der Waals surface area contributed by atoms with Gasteiger partial charge >= 0.3 is 0 Å². The van der Waals surface area contributed by atoms with E-state index in [1.165, 1.54) is 16.9 Å². The van der Waals surface area contributed by atoms with Crippen LogP contribution >= 0.6 is 22.9 Å². The fraction of sp³-hybridized carbons (Fsp3) is 0.692. The number of aliphatic hydroxyl groups is 1. The summed E-state index contributed by atoms with van der Waals surface area (Å²) in [6.07, 6.45) is 4.18. The molecule has 100 valence electrons. The summed E-state index contributed by atoms with van der Waals surface area (Å²) < 4.78 is 6.14. The second kappa shape index (κ2) is 5.10. The lowest BCUT2D eigenvalue weighted by Crippen LogP contribution is -2.42. The highest BCUT2D eigenvalue weighted by atomic mass is 35.5. The summed E-state index contributed by atoms with van der Waals surface area (Å²) in [6.45, 7) is 1.72. The summed E-state index contributed by atoms with van der Waals surface area (Å²) in [7, 11) is 0. The van der Waals surface area contributed by atoms with Crippen LogP contribution in [0.4, 0.5) is 0 Å². The highest BCUT2D eigenvalue weighted by molar-refractivity contribution is 7.16. The predicted molar refractivity (Wildman–Crippen MR) is 73.4 cm³/mol. The quantitative estimate of drug-likeness (QED) is 0.898. The lowest BCUT2D eigenvalue weighted by molar-refractivity contribution is 0.0243. The number of hydrogen-bond acceptors (Lipinski definition) is 4. The molecular weight excluding hydrogens is 270 g/mol. The van der Waals surface area contributed by atoms with Gasteiger partial charge in [-0.05, 0) is 30.9 Å². The first-order chi connectivity index (χ1) is 8.66. The Morgan fingerprint density at radius 2 is 2.50 bits per heavy atom. The molecule has 1 aliphatic heterocycles. The van der Waals surface area contributed by atoms with Gasteiger partial charge in [0.2, 0.25) is 0 Å². The zero-order chi connectivity index (χ0) is 12.6. The number of rotatable bonds is 3. The lowest BCUT2D eigenvalue weighted by Gasteiger charge is -2.28. The maximum Gasteiger partial charge on any atom is 0.103 e. The third-order valence-electron chi connectivity index (χ3n) is 3.84. The largest absolute Gasteiger partial charge is 0.386 e. The molecule has 0 amide bonds. The average molecular weight is 288 g/mol. The number of fused-ring (bicyclic) bond motifs is 1. The Bertz CT molecular complexity index is 429. The third kappa shape index (κ3) is 2.58. The van der Waals surface area contributed by atoms with E-state index < -0.39 is 5.60 Å². The van der Waals surface area contributed by atoms with Crippen molar-refractivity contribution in [3.8, 4) is 0 Å². The normalized spacial score (nSPS) is 31.6. The van der Waals surface area contributed by atoms with Crippen LogP contribution in [0.2, 0.25) is 4.34 Å². The summed E-state index contributed by atoms with van der Waals surface area (Å²) in [5.74, 6) is 0. The minimum Gasteiger partial charge on any atom is -0.386 e. The molecule has 0 aromatic carbocycles. The molecule has 1 fully saturated rings. The molecule has 2 aliphatic rings. The van der Waals surface area contributed by atoms with E-state index in [0.717, 1.165) is 23.6 Å². The van der Waals surface area contributed by atoms with Gasteiger partial charge in [0.15, 0.2) is 0 Å². The molecular formula is C13H18ClNO2S. The first-order valence-electron chi connectivity index (χ1n) is 6.48. The van der Waals surface area contributed by atoms with Crippen LogP contribution in [0, 0.1) is 0 Å². The van der Waals surface area contributed by atoms with Crippen LogP contribution < -0.4 is 5.32 Å². The van der Waals surface area contributed by atoms with E-state index in [2.05, 4.69) is 11.4 Å². The summed E-state index contributed by atoms with van der Waals surface area (Å²) in [5.41, 5.74) is 0.649. The Balaban J connectivity index is 1.67. The van der Waals surface area contributed by atoms with Crippen molar-refractivity contribution in [3.05, 3.63) is 20.8 Å². The molecule has 1 aliphatic carbocycles. The van der Waals surface area contributed by atoms with Crippen molar-refractivity contribution >= 4 is 22.9 Å². The fourth-order valence-electron chi connectivity index (χ4n) is 2.78. The van der Waals surface area contributed by atoms with Gasteiger partial charge < -0.3 is 15.2 Å². The molecule has 1 saturated heterocycles. The van der Waals surface area contributed by atoms with E-state index in [1.54, 1.807) is 11.3 Å². The molecule has 2 heterocycles. The number of ether oxygens (including phenoxy) is 1. The van der Waals surface area contributed by atoms with Crippen molar-refractivity contribution < 1.29 is 9.84 Å². The van der Waals surface area contributed by atoms with Gasteiger partial charge in [-0.3, -0.25) is 0 Å². The molecule has 2 unspecified atom stereocenters. The van der Waals surface area contributed by atoms with E-state index in [1.807, 2.05) is 0 Å². The number of thiophene rings is 1. The van der Waals surface area contributed by atoms with Gasteiger partial charge in [-0.25, -0.2) is 0 Å². The third-order valence-corrected chi connectivity index (χ3v) is 5.18. The summed E-state index contributed by atoms with van der Waals surface area (Å²) in [5, 5.41) is 13.8. The smallest absolute Gasteiger partial charge is 0.103 e. The first kappa shape index (κ1) is 12.9. The Morgan fingerprint density at radius 1 is 1.61 bits per heavy atom. The van der Waals surface area contributed by atoms with Crippen molar-refractivity contribution in [2.75, 3.05) is 19.8 Å². The summed E-state index contributed by atoms with van der Waals surface area (Å²) in [6, 6.07) is 2.41. The van der Waals surface area contributed by atoms with E-state index in [4.69, 9.17) is 16.3 Å². The van der Waals surface area contributed by atoms with Crippen molar-refractivity contribution in [2.24, 2.45) is 0 Å². The fourth-order valence-corrected chi connectivity index (χ4v) is 4.17. The monoisotopic (exact) mass is 287 g/mol. The topological polar surface area (TPSA) is 41.5 Å². The zero-order valence-electron chi connectivity index (χ0n) is 10.2. The summed E-state index contributed by atoms with van der Waals surface area (Å²) >= 11 is 7.78. The SMILES string of the molecule is OC1(CNC2CCCc3sc(Cl)cc32)CCOC1. The lowest BCUT2D eigenvalue weighted by atomic mass is 9.93. The maximum atomic E-state index is 10.3. The van der Waals surface area contributed by atoms with Gasteiger partial charge in [-0.15, -0.1) is 11.3 Å². The van der Waals surface area contributed by atoms with Gasteiger partial charge in [-0.2, -0.15) is 0 Å². The minimum atomic E-state index is -0.683. The molecule has 2 N–H and O–H groups in total. The van der Waals surface area contributed by atoms with Gasteiger partial charge in [0.05, 0.1) is 10.9 Å².